The van der Waals surface area contributed by atoms with Gasteiger partial charge < -0.3 is 15.5 Å². The Balaban J connectivity index is 3.54. The zero-order valence-electron chi connectivity index (χ0n) is 10.4. The highest BCUT2D eigenvalue weighted by Gasteiger charge is 2.26. The predicted octanol–water partition coefficient (Wildman–Crippen LogP) is 0.595. The van der Waals surface area contributed by atoms with Gasteiger partial charge in [0.25, 0.3) is 0 Å². The van der Waals surface area contributed by atoms with Crippen molar-refractivity contribution in [3.05, 3.63) is 0 Å². The Morgan fingerprint density at radius 1 is 1.35 bits per heavy atom. The Hall–Kier alpha value is -0.820. The molecule has 0 radical (unpaired) electrons. The van der Waals surface area contributed by atoms with E-state index >= 15 is 0 Å². The van der Waals surface area contributed by atoms with Crippen molar-refractivity contribution in [3.63, 3.8) is 0 Å². The van der Waals surface area contributed by atoms with Gasteiger partial charge in [0.05, 0.1) is 13.1 Å². The molecule has 1 amide bonds. The van der Waals surface area contributed by atoms with E-state index in [9.17, 15) is 18.0 Å². The average Bonchev–Trinajstić information content (AvgIpc) is 2.15. The molecule has 0 aliphatic rings. The molecule has 0 aliphatic heterocycles. The summed E-state index contributed by atoms with van der Waals surface area (Å²) in [6, 6.07) is 0.371. The fourth-order valence-corrected chi connectivity index (χ4v) is 1.01. The Bertz CT molecular complexity index is 231. The van der Waals surface area contributed by atoms with Gasteiger partial charge in [0.15, 0.2) is 0 Å². The number of nitrogens with zero attached hydrogens (tertiary/aromatic N) is 1. The van der Waals surface area contributed by atoms with Gasteiger partial charge in [0.1, 0.15) is 0 Å². The highest BCUT2D eigenvalue weighted by atomic mass is 19.4. The number of hydrogen-bond donors (Lipinski definition) is 2. The van der Waals surface area contributed by atoms with E-state index in [1.807, 2.05) is 31.1 Å². The van der Waals surface area contributed by atoms with Gasteiger partial charge in [-0.05, 0) is 20.9 Å². The van der Waals surface area contributed by atoms with E-state index < -0.39 is 18.6 Å². The van der Waals surface area contributed by atoms with Crippen molar-refractivity contribution in [2.24, 2.45) is 0 Å². The normalized spacial score (nSPS) is 12.2. The van der Waals surface area contributed by atoms with E-state index in [-0.39, 0.29) is 6.54 Å². The average molecular weight is 255 g/mol. The van der Waals surface area contributed by atoms with E-state index in [1.54, 1.807) is 0 Å². The van der Waals surface area contributed by atoms with E-state index in [0.29, 0.717) is 19.1 Å². The maximum absolute atomic E-state index is 11.8. The Kier molecular flexibility index (Phi) is 7.13. The van der Waals surface area contributed by atoms with E-state index in [1.165, 1.54) is 0 Å². The SMILES string of the molecule is CC(C)N(C)CCNC(=O)CNCC(F)(F)F. The summed E-state index contributed by atoms with van der Waals surface area (Å²) in [5, 5.41) is 4.58. The molecule has 0 rings (SSSR count). The van der Waals surface area contributed by atoms with Gasteiger partial charge in [-0.3, -0.25) is 4.79 Å². The maximum Gasteiger partial charge on any atom is 0.401 e. The molecule has 0 spiro atoms. The van der Waals surface area contributed by atoms with Crippen molar-refractivity contribution < 1.29 is 18.0 Å². The molecule has 0 aromatic rings. The van der Waals surface area contributed by atoms with Gasteiger partial charge in [-0.15, -0.1) is 0 Å². The number of carbonyl (C=O) groups is 1. The second-order valence-electron chi connectivity index (χ2n) is 4.14. The van der Waals surface area contributed by atoms with Crippen LogP contribution in [0.1, 0.15) is 13.8 Å². The monoisotopic (exact) mass is 255 g/mol. The van der Waals surface area contributed by atoms with Gasteiger partial charge in [-0.1, -0.05) is 0 Å². The number of halogens is 3. The van der Waals surface area contributed by atoms with Crippen LogP contribution in [-0.4, -0.2) is 56.3 Å². The van der Waals surface area contributed by atoms with E-state index in [4.69, 9.17) is 0 Å². The third kappa shape index (κ3) is 10.1. The van der Waals surface area contributed by atoms with E-state index in [0.717, 1.165) is 0 Å². The second kappa shape index (κ2) is 7.50. The molecule has 2 N–H and O–H groups in total. The molecule has 0 heterocycles. The standard InChI is InChI=1S/C10H20F3N3O/c1-8(2)16(3)5-4-15-9(17)6-14-7-10(11,12)13/h8,14H,4-7H2,1-3H3,(H,15,17). The number of likely N-dealkylation sites (N-methyl/N-ethyl adjacent to an activating group) is 1. The van der Waals surface area contributed by atoms with Crippen molar-refractivity contribution in [2.45, 2.75) is 26.1 Å². The molecular weight excluding hydrogens is 235 g/mol. The van der Waals surface area contributed by atoms with Crippen molar-refractivity contribution in [3.8, 4) is 0 Å². The summed E-state index contributed by atoms with van der Waals surface area (Å²) in [5.41, 5.74) is 0. The fourth-order valence-electron chi connectivity index (χ4n) is 1.01. The predicted molar refractivity (Wildman–Crippen MR) is 59.7 cm³/mol. The van der Waals surface area contributed by atoms with Crippen LogP contribution in [0.4, 0.5) is 13.2 Å². The quantitative estimate of drug-likeness (QED) is 0.700. The smallest absolute Gasteiger partial charge is 0.354 e. The maximum atomic E-state index is 11.8. The summed E-state index contributed by atoms with van der Waals surface area (Å²) in [5.74, 6) is -0.425. The Morgan fingerprint density at radius 2 is 1.94 bits per heavy atom. The molecular formula is C10H20F3N3O. The molecule has 7 heteroatoms. The van der Waals surface area contributed by atoms with Gasteiger partial charge in [-0.2, -0.15) is 13.2 Å². The molecule has 0 aromatic heterocycles. The highest BCUT2D eigenvalue weighted by Crippen LogP contribution is 2.11. The molecule has 0 unspecified atom stereocenters. The van der Waals surface area contributed by atoms with Crippen molar-refractivity contribution in [1.82, 2.24) is 15.5 Å². The minimum Gasteiger partial charge on any atom is -0.354 e. The largest absolute Gasteiger partial charge is 0.401 e. The molecule has 0 atom stereocenters. The third-order valence-electron chi connectivity index (χ3n) is 2.28. The first-order valence-corrected chi connectivity index (χ1v) is 5.47. The highest BCUT2D eigenvalue weighted by molar-refractivity contribution is 5.77. The van der Waals surface area contributed by atoms with Crippen LogP contribution in [0.2, 0.25) is 0 Å². The summed E-state index contributed by atoms with van der Waals surface area (Å²) in [4.78, 5) is 13.2. The van der Waals surface area contributed by atoms with Crippen LogP contribution in [0, 0.1) is 0 Å². The lowest BCUT2D eigenvalue weighted by Crippen LogP contribution is -2.41. The topological polar surface area (TPSA) is 44.4 Å². The zero-order chi connectivity index (χ0) is 13.5. The summed E-state index contributed by atoms with van der Waals surface area (Å²) >= 11 is 0. The van der Waals surface area contributed by atoms with Crippen LogP contribution in [0.3, 0.4) is 0 Å². The zero-order valence-corrected chi connectivity index (χ0v) is 10.4. The van der Waals surface area contributed by atoms with Gasteiger partial charge in [-0.25, -0.2) is 0 Å². The van der Waals surface area contributed by atoms with E-state index in [2.05, 4.69) is 5.32 Å². The fraction of sp³-hybridized carbons (Fsp3) is 0.900. The number of carbonyl (C=O) groups excluding carboxylic acids is 1. The van der Waals surface area contributed by atoms with Crippen LogP contribution in [0.15, 0.2) is 0 Å². The second-order valence-corrected chi connectivity index (χ2v) is 4.14. The van der Waals surface area contributed by atoms with Crippen LogP contribution >= 0.6 is 0 Å². The van der Waals surface area contributed by atoms with Crippen molar-refractivity contribution >= 4 is 5.91 Å². The molecule has 0 fully saturated rings. The number of nitrogens with one attached hydrogen (secondary N) is 2. The number of hydrogen-bond acceptors (Lipinski definition) is 3. The van der Waals surface area contributed by atoms with Crippen LogP contribution in [-0.2, 0) is 4.79 Å². The molecule has 0 aromatic carbocycles. The Morgan fingerprint density at radius 3 is 2.41 bits per heavy atom. The van der Waals surface area contributed by atoms with Crippen LogP contribution in [0.5, 0.6) is 0 Å². The third-order valence-corrected chi connectivity index (χ3v) is 2.28. The van der Waals surface area contributed by atoms with Crippen molar-refractivity contribution in [1.29, 1.82) is 0 Å². The van der Waals surface area contributed by atoms with Crippen molar-refractivity contribution in [2.75, 3.05) is 33.2 Å². The minimum atomic E-state index is -4.28. The minimum absolute atomic E-state index is 0.315. The van der Waals surface area contributed by atoms with Gasteiger partial charge in [0.2, 0.25) is 5.91 Å². The lowest BCUT2D eigenvalue weighted by molar-refractivity contribution is -0.128. The lowest BCUT2D eigenvalue weighted by atomic mass is 10.3. The first-order valence-electron chi connectivity index (χ1n) is 5.47. The number of alkyl halides is 3. The molecule has 0 saturated carbocycles. The molecule has 0 saturated heterocycles. The molecule has 102 valence electrons. The number of rotatable bonds is 7. The number of amides is 1. The van der Waals surface area contributed by atoms with Gasteiger partial charge in [0, 0.05) is 19.1 Å². The lowest BCUT2D eigenvalue weighted by Gasteiger charge is -2.20. The molecule has 4 nitrogen and oxygen atoms in total. The Labute approximate surface area is 99.5 Å². The summed E-state index contributed by atoms with van der Waals surface area (Å²) in [7, 11) is 1.92. The first kappa shape index (κ1) is 16.2. The molecule has 0 bridgehead atoms. The molecule has 17 heavy (non-hydrogen) atoms. The summed E-state index contributed by atoms with van der Waals surface area (Å²) in [6.45, 7) is 3.68. The summed E-state index contributed by atoms with van der Waals surface area (Å²) in [6.07, 6.45) is -4.28. The van der Waals surface area contributed by atoms with Crippen LogP contribution < -0.4 is 10.6 Å². The van der Waals surface area contributed by atoms with Gasteiger partial charge >= 0.3 is 6.18 Å². The van der Waals surface area contributed by atoms with Crippen LogP contribution in [0.25, 0.3) is 0 Å². The molecule has 0 aliphatic carbocycles. The summed E-state index contributed by atoms with van der Waals surface area (Å²) < 4.78 is 35.3. The first-order chi connectivity index (χ1) is 7.72.